The van der Waals surface area contributed by atoms with Crippen LogP contribution in [0.5, 0.6) is 11.5 Å². The Labute approximate surface area is 276 Å². The van der Waals surface area contributed by atoms with E-state index in [9.17, 15) is 24.9 Å². The number of Topliss-reactive ketones (excluding diaryl/α,β-unsaturated/α-hetero) is 1. The molecule has 1 aliphatic rings. The summed E-state index contributed by atoms with van der Waals surface area (Å²) in [6.45, 7) is 0. The van der Waals surface area contributed by atoms with Gasteiger partial charge < -0.3 is 35.3 Å². The number of carbonyl (C=O) groups excluding carboxylic acids is 1. The third-order valence-corrected chi connectivity index (χ3v) is 8.97. The summed E-state index contributed by atoms with van der Waals surface area (Å²) in [5, 5.41) is 36.8. The van der Waals surface area contributed by atoms with Gasteiger partial charge in [0.1, 0.15) is 41.7 Å². The second kappa shape index (κ2) is 13.1. The van der Waals surface area contributed by atoms with Crippen LogP contribution in [0.15, 0.2) is 126 Å². The van der Waals surface area contributed by atoms with Crippen LogP contribution in [0.1, 0.15) is 27.0 Å². The fourth-order valence-electron chi connectivity index (χ4n) is 6.80. The third kappa shape index (κ3) is 5.04. The highest BCUT2D eigenvalue weighted by Gasteiger charge is 2.65. The number of rotatable bonds is 10. The van der Waals surface area contributed by atoms with E-state index in [1.165, 1.54) is 38.6 Å². The molecule has 11 nitrogen and oxygen atoms in total. The molecular formula is C37H35N3O8. The Balaban J connectivity index is 1.65. The average Bonchev–Trinajstić information content (AvgIpc) is 3.39. The predicted octanol–water partition coefficient (Wildman–Crippen LogP) is 2.89. The molecule has 4 aromatic carbocycles. The molecule has 6 rings (SSSR count). The molecular weight excluding hydrogens is 614 g/mol. The molecule has 0 bridgehead atoms. The van der Waals surface area contributed by atoms with Crippen LogP contribution >= 0.6 is 0 Å². The standard InChI is InChI=1S/C37H35N3O8/c1-46-27-19-11-9-17-25(27)36(24-15-7-4-8-16-24,26-18-10-12-20-28(26)47-2)34(44)31-30(41)33(43)37(48-31,32(42)23-13-5-3-6-14-23)40-22-21-29(38)39-35(40)45/h3-22,30-31,33-34,41,43-44H,1-2H3,(H2,38,39,45)/t30?,31-,33+,34?,37+/m0/s1. The molecule has 1 aliphatic heterocycles. The van der Waals surface area contributed by atoms with Gasteiger partial charge in [0, 0.05) is 22.9 Å². The minimum Gasteiger partial charge on any atom is -0.496 e. The Bertz CT molecular complexity index is 1920. The number of para-hydroxylation sites is 2. The monoisotopic (exact) mass is 649 g/mol. The van der Waals surface area contributed by atoms with Gasteiger partial charge in [0.25, 0.3) is 0 Å². The molecule has 2 unspecified atom stereocenters. The van der Waals surface area contributed by atoms with E-state index in [1.54, 1.807) is 91.0 Å². The zero-order valence-electron chi connectivity index (χ0n) is 26.2. The lowest BCUT2D eigenvalue weighted by Crippen LogP contribution is -2.56. The van der Waals surface area contributed by atoms with Gasteiger partial charge in [0.05, 0.1) is 19.6 Å². The summed E-state index contributed by atoms with van der Waals surface area (Å²) >= 11 is 0. The third-order valence-electron chi connectivity index (χ3n) is 8.97. The zero-order chi connectivity index (χ0) is 34.1. The lowest BCUT2D eigenvalue weighted by Gasteiger charge is -2.43. The Hall–Kier alpha value is -5.33. The normalized spacial score (nSPS) is 21.4. The van der Waals surface area contributed by atoms with Crippen molar-refractivity contribution >= 4 is 11.6 Å². The van der Waals surface area contributed by atoms with E-state index in [1.807, 2.05) is 6.07 Å². The van der Waals surface area contributed by atoms with Gasteiger partial charge in [-0.2, -0.15) is 4.98 Å². The number of hydrogen-bond donors (Lipinski definition) is 4. The molecule has 0 radical (unpaired) electrons. The lowest BCUT2D eigenvalue weighted by molar-refractivity contribution is -0.140. The zero-order valence-corrected chi connectivity index (χ0v) is 26.2. The summed E-state index contributed by atoms with van der Waals surface area (Å²) in [6.07, 6.45) is -6.27. The van der Waals surface area contributed by atoms with Crippen molar-refractivity contribution in [3.8, 4) is 11.5 Å². The quantitative estimate of drug-likeness (QED) is 0.131. The summed E-state index contributed by atoms with van der Waals surface area (Å²) < 4.78 is 19.0. The summed E-state index contributed by atoms with van der Waals surface area (Å²) in [5.41, 5.74) is 2.15. The lowest BCUT2D eigenvalue weighted by atomic mass is 9.63. The average molecular weight is 650 g/mol. The second-order valence-electron chi connectivity index (χ2n) is 11.4. The topological polar surface area (TPSA) is 166 Å². The van der Waals surface area contributed by atoms with Crippen LogP contribution in [0.3, 0.4) is 0 Å². The van der Waals surface area contributed by atoms with Gasteiger partial charge in [-0.05, 0) is 23.8 Å². The molecule has 0 saturated carbocycles. The number of nitrogens with zero attached hydrogens (tertiary/aromatic N) is 2. The molecule has 246 valence electrons. The highest BCUT2D eigenvalue weighted by Crippen LogP contribution is 2.52. The van der Waals surface area contributed by atoms with Crippen molar-refractivity contribution < 1.29 is 34.3 Å². The largest absolute Gasteiger partial charge is 0.496 e. The van der Waals surface area contributed by atoms with Crippen molar-refractivity contribution in [2.24, 2.45) is 0 Å². The van der Waals surface area contributed by atoms with Gasteiger partial charge in [0.15, 0.2) is 0 Å². The molecule has 0 spiro atoms. The van der Waals surface area contributed by atoms with Gasteiger partial charge in [-0.3, -0.25) is 9.36 Å². The fraction of sp³-hybridized carbons (Fsp3) is 0.216. The van der Waals surface area contributed by atoms with E-state index in [0.717, 1.165) is 4.57 Å². The number of aliphatic hydroxyl groups excluding tert-OH is 3. The first-order chi connectivity index (χ1) is 23.2. The maximum absolute atomic E-state index is 14.5. The molecule has 1 saturated heterocycles. The van der Waals surface area contributed by atoms with E-state index >= 15 is 0 Å². The Morgan fingerprint density at radius 3 is 1.92 bits per heavy atom. The number of nitrogens with two attached hydrogens (primary N) is 1. The van der Waals surface area contributed by atoms with Crippen LogP contribution in [-0.4, -0.2) is 69.3 Å². The summed E-state index contributed by atoms with van der Waals surface area (Å²) in [4.78, 5) is 31.6. The van der Waals surface area contributed by atoms with Crippen LogP contribution in [0.25, 0.3) is 0 Å². The van der Waals surface area contributed by atoms with Gasteiger partial charge >= 0.3 is 5.69 Å². The smallest absolute Gasteiger partial charge is 0.352 e. The molecule has 0 amide bonds. The van der Waals surface area contributed by atoms with Crippen LogP contribution in [0.4, 0.5) is 5.82 Å². The van der Waals surface area contributed by atoms with E-state index in [2.05, 4.69) is 4.98 Å². The number of benzene rings is 4. The molecule has 1 aromatic heterocycles. The highest BCUT2D eigenvalue weighted by molar-refractivity contribution is 6.01. The van der Waals surface area contributed by atoms with Gasteiger partial charge in [0.2, 0.25) is 11.5 Å². The van der Waals surface area contributed by atoms with Crippen molar-refractivity contribution in [3.05, 3.63) is 154 Å². The number of carbonyl (C=O) groups is 1. The number of ether oxygens (including phenoxy) is 3. The minimum atomic E-state index is -2.56. The maximum Gasteiger partial charge on any atom is 0.352 e. The Kier molecular flexibility index (Phi) is 8.87. The molecule has 5 N–H and O–H groups in total. The highest BCUT2D eigenvalue weighted by atomic mass is 16.6. The van der Waals surface area contributed by atoms with Gasteiger partial charge in [-0.15, -0.1) is 0 Å². The number of ketones is 1. The molecule has 0 aliphatic carbocycles. The van der Waals surface area contributed by atoms with E-state index in [-0.39, 0.29) is 11.4 Å². The fourth-order valence-corrected chi connectivity index (χ4v) is 6.80. The Morgan fingerprint density at radius 1 is 0.854 bits per heavy atom. The maximum atomic E-state index is 14.5. The first kappa shape index (κ1) is 32.6. The van der Waals surface area contributed by atoms with E-state index < -0.39 is 47.0 Å². The van der Waals surface area contributed by atoms with Crippen LogP contribution in [0, 0.1) is 0 Å². The molecule has 11 heteroatoms. The number of aliphatic hydroxyl groups is 3. The predicted molar refractivity (Wildman–Crippen MR) is 177 cm³/mol. The summed E-state index contributed by atoms with van der Waals surface area (Å²) in [6, 6.07) is 32.3. The number of hydrogen-bond acceptors (Lipinski definition) is 10. The molecule has 5 atom stereocenters. The first-order valence-electron chi connectivity index (χ1n) is 15.2. The van der Waals surface area contributed by atoms with Crippen molar-refractivity contribution in [3.63, 3.8) is 0 Å². The molecule has 5 aromatic rings. The second-order valence-corrected chi connectivity index (χ2v) is 11.4. The number of methoxy groups -OCH3 is 2. The number of nitrogen functional groups attached to an aromatic ring is 1. The van der Waals surface area contributed by atoms with E-state index in [0.29, 0.717) is 28.2 Å². The van der Waals surface area contributed by atoms with Crippen molar-refractivity contribution in [2.75, 3.05) is 20.0 Å². The minimum absolute atomic E-state index is 0.0754. The van der Waals surface area contributed by atoms with E-state index in [4.69, 9.17) is 19.9 Å². The van der Waals surface area contributed by atoms with Gasteiger partial charge in [-0.1, -0.05) is 97.1 Å². The van der Waals surface area contributed by atoms with Crippen LogP contribution < -0.4 is 20.9 Å². The van der Waals surface area contributed by atoms with Crippen LogP contribution in [0.2, 0.25) is 0 Å². The molecule has 48 heavy (non-hydrogen) atoms. The molecule has 2 heterocycles. The molecule has 1 fully saturated rings. The first-order valence-corrected chi connectivity index (χ1v) is 15.2. The Morgan fingerprint density at radius 2 is 1.38 bits per heavy atom. The van der Waals surface area contributed by atoms with Crippen LogP contribution in [-0.2, 0) is 15.9 Å². The number of anilines is 1. The van der Waals surface area contributed by atoms with Gasteiger partial charge in [-0.25, -0.2) is 4.79 Å². The van der Waals surface area contributed by atoms with Crippen molar-refractivity contribution in [2.45, 2.75) is 35.6 Å². The SMILES string of the molecule is COc1ccccc1C(c1ccccc1)(c1ccccc1OC)C(O)[C@H]1O[C@@](C(=O)c2ccccc2)(n2ccc(N)nc2=O)[C@H](O)C1O. The summed E-state index contributed by atoms with van der Waals surface area (Å²) in [7, 11) is 3.00. The van der Waals surface area contributed by atoms with Crippen molar-refractivity contribution in [1.29, 1.82) is 0 Å². The summed E-state index contributed by atoms with van der Waals surface area (Å²) in [5.74, 6) is -0.189. The van der Waals surface area contributed by atoms with Crippen molar-refractivity contribution in [1.82, 2.24) is 9.55 Å². The number of aromatic nitrogens is 2.